The van der Waals surface area contributed by atoms with Gasteiger partial charge in [-0.05, 0) is 43.2 Å². The number of para-hydroxylation sites is 1. The van der Waals surface area contributed by atoms with Crippen LogP contribution in [0.25, 0.3) is 0 Å². The number of nitro benzene ring substituents is 1. The molecule has 0 aliphatic heterocycles. The van der Waals surface area contributed by atoms with Gasteiger partial charge in [0.15, 0.2) is 4.90 Å². The molecule has 0 atom stereocenters. The molecule has 2 amide bonds. The fourth-order valence-electron chi connectivity index (χ4n) is 3.39. The Balaban J connectivity index is 1.61. The number of anilines is 1. The van der Waals surface area contributed by atoms with E-state index >= 15 is 0 Å². The lowest BCUT2D eigenvalue weighted by Gasteiger charge is -2.20. The molecule has 0 heterocycles. The lowest BCUT2D eigenvalue weighted by molar-refractivity contribution is -0.387. The molecule has 0 saturated heterocycles. The second-order valence-corrected chi connectivity index (χ2v) is 8.84. The summed E-state index contributed by atoms with van der Waals surface area (Å²) < 4.78 is 24.7. The summed E-state index contributed by atoms with van der Waals surface area (Å²) in [7, 11) is -4.36. The first-order valence-electron chi connectivity index (χ1n) is 9.74. The highest BCUT2D eigenvalue weighted by Crippen LogP contribution is 2.25. The molecule has 10 nitrogen and oxygen atoms in total. The van der Waals surface area contributed by atoms with E-state index in [2.05, 4.69) is 5.32 Å². The molecule has 31 heavy (non-hydrogen) atoms. The number of rotatable bonds is 7. The van der Waals surface area contributed by atoms with Crippen molar-refractivity contribution in [1.82, 2.24) is 10.3 Å². The third-order valence-electron chi connectivity index (χ3n) is 5.04. The van der Waals surface area contributed by atoms with Crippen molar-refractivity contribution in [3.8, 4) is 0 Å². The number of hydrogen-bond donors (Lipinski definition) is 3. The second-order valence-electron chi connectivity index (χ2n) is 7.19. The Bertz CT molecular complexity index is 1080. The van der Waals surface area contributed by atoms with E-state index < -0.39 is 31.4 Å². The van der Waals surface area contributed by atoms with Gasteiger partial charge < -0.3 is 5.32 Å². The van der Waals surface area contributed by atoms with Crippen molar-refractivity contribution in [2.75, 3.05) is 5.32 Å². The minimum Gasteiger partial charge on any atom is -0.326 e. The molecule has 11 heteroatoms. The molecule has 0 unspecified atom stereocenters. The van der Waals surface area contributed by atoms with Crippen molar-refractivity contribution >= 4 is 33.2 Å². The maximum Gasteiger partial charge on any atom is 0.289 e. The monoisotopic (exact) mass is 446 g/mol. The number of nitrogens with one attached hydrogen (secondary N) is 3. The highest BCUT2D eigenvalue weighted by Gasteiger charge is 2.26. The van der Waals surface area contributed by atoms with E-state index in [9.17, 15) is 28.1 Å². The van der Waals surface area contributed by atoms with E-state index in [4.69, 9.17) is 0 Å². The van der Waals surface area contributed by atoms with E-state index in [0.717, 1.165) is 44.2 Å². The fraction of sp³-hybridized carbons (Fsp3) is 0.300. The zero-order valence-corrected chi connectivity index (χ0v) is 17.4. The Hall–Kier alpha value is -3.31. The zero-order valence-electron chi connectivity index (χ0n) is 16.5. The van der Waals surface area contributed by atoms with Crippen molar-refractivity contribution in [3.63, 3.8) is 0 Å². The van der Waals surface area contributed by atoms with Gasteiger partial charge in [0, 0.05) is 23.2 Å². The quantitative estimate of drug-likeness (QED) is 0.440. The maximum atomic E-state index is 12.3. The average Bonchev–Trinajstić information content (AvgIpc) is 2.78. The van der Waals surface area contributed by atoms with Crippen molar-refractivity contribution in [1.29, 1.82) is 0 Å². The Labute approximate surface area is 179 Å². The number of benzene rings is 2. The van der Waals surface area contributed by atoms with Crippen molar-refractivity contribution < 1.29 is 22.9 Å². The van der Waals surface area contributed by atoms with Gasteiger partial charge in [-0.3, -0.25) is 25.1 Å². The Kier molecular flexibility index (Phi) is 6.98. The summed E-state index contributed by atoms with van der Waals surface area (Å²) in [5.74, 6) is -0.811. The first-order chi connectivity index (χ1) is 14.8. The van der Waals surface area contributed by atoms with Gasteiger partial charge in [-0.1, -0.05) is 31.4 Å². The Morgan fingerprint density at radius 2 is 1.61 bits per heavy atom. The van der Waals surface area contributed by atoms with Gasteiger partial charge in [-0.15, -0.1) is 4.83 Å². The molecule has 1 saturated carbocycles. The SMILES string of the molecule is O=C(NNS(=O)(=O)c1ccccc1[N+](=O)[O-])c1ccc(NC(=O)C2CCCCC2)cc1. The van der Waals surface area contributed by atoms with E-state index in [1.165, 1.54) is 24.3 Å². The molecule has 0 aromatic heterocycles. The van der Waals surface area contributed by atoms with E-state index in [-0.39, 0.29) is 17.4 Å². The average molecular weight is 446 g/mol. The predicted octanol–water partition coefficient (Wildman–Crippen LogP) is 2.74. The molecule has 2 aromatic carbocycles. The standard InChI is InChI=1S/C20H22N4O6S/c25-19(14-6-2-1-3-7-14)21-16-12-10-15(11-13-16)20(26)22-23-31(29,30)18-9-5-4-8-17(18)24(27)28/h4-5,8-14,23H,1-3,6-7H2,(H,21,25)(H,22,26). The Morgan fingerprint density at radius 1 is 0.968 bits per heavy atom. The van der Waals surface area contributed by atoms with Gasteiger partial charge in [0.1, 0.15) is 0 Å². The molecule has 1 aliphatic rings. The number of hydrazine groups is 1. The summed E-state index contributed by atoms with van der Waals surface area (Å²) in [6.45, 7) is 0. The van der Waals surface area contributed by atoms with Crippen LogP contribution < -0.4 is 15.6 Å². The largest absolute Gasteiger partial charge is 0.326 e. The molecule has 0 bridgehead atoms. The molecule has 164 valence electrons. The summed E-state index contributed by atoms with van der Waals surface area (Å²) >= 11 is 0. The molecule has 3 N–H and O–H groups in total. The van der Waals surface area contributed by atoms with Crippen LogP contribution in [0.1, 0.15) is 42.5 Å². The molecule has 1 aliphatic carbocycles. The maximum absolute atomic E-state index is 12.3. The van der Waals surface area contributed by atoms with Gasteiger partial charge in [-0.25, -0.2) is 8.42 Å². The summed E-state index contributed by atoms with van der Waals surface area (Å²) in [5, 5.41) is 13.9. The van der Waals surface area contributed by atoms with Gasteiger partial charge in [0.2, 0.25) is 5.91 Å². The first kappa shape index (κ1) is 22.4. The van der Waals surface area contributed by atoms with Crippen LogP contribution in [-0.4, -0.2) is 25.2 Å². The fourth-order valence-corrected chi connectivity index (χ4v) is 4.40. The molecule has 0 spiro atoms. The summed E-state index contributed by atoms with van der Waals surface area (Å²) in [5.41, 5.74) is 2.09. The molecular weight excluding hydrogens is 424 g/mol. The van der Waals surface area contributed by atoms with Crippen LogP contribution in [0, 0.1) is 16.0 Å². The number of sulfonamides is 1. The summed E-state index contributed by atoms with van der Waals surface area (Å²) in [6, 6.07) is 10.8. The van der Waals surface area contributed by atoms with Crippen LogP contribution in [0.15, 0.2) is 53.4 Å². The lowest BCUT2D eigenvalue weighted by atomic mass is 9.88. The number of carbonyl (C=O) groups is 2. The molecule has 0 radical (unpaired) electrons. The minimum atomic E-state index is -4.36. The van der Waals surface area contributed by atoms with Crippen LogP contribution >= 0.6 is 0 Å². The van der Waals surface area contributed by atoms with E-state index in [0.29, 0.717) is 5.69 Å². The van der Waals surface area contributed by atoms with E-state index in [1.807, 2.05) is 10.3 Å². The van der Waals surface area contributed by atoms with Crippen molar-refractivity contribution in [3.05, 3.63) is 64.2 Å². The normalized spacial score (nSPS) is 14.6. The molecular formula is C20H22N4O6S. The number of nitro groups is 1. The topological polar surface area (TPSA) is 148 Å². The number of hydrogen-bond acceptors (Lipinski definition) is 6. The third-order valence-corrected chi connectivity index (χ3v) is 6.34. The van der Waals surface area contributed by atoms with E-state index in [1.54, 1.807) is 12.1 Å². The second kappa shape index (κ2) is 9.67. The smallest absolute Gasteiger partial charge is 0.289 e. The van der Waals surface area contributed by atoms with Crippen LogP contribution in [0.2, 0.25) is 0 Å². The summed E-state index contributed by atoms with van der Waals surface area (Å²) in [4.78, 5) is 36.1. The molecule has 3 rings (SSSR count). The first-order valence-corrected chi connectivity index (χ1v) is 11.2. The lowest BCUT2D eigenvalue weighted by Crippen LogP contribution is -2.41. The zero-order chi connectivity index (χ0) is 22.4. The minimum absolute atomic E-state index is 0.00632. The molecule has 1 fully saturated rings. The van der Waals surface area contributed by atoms with Crippen LogP contribution in [0.4, 0.5) is 11.4 Å². The van der Waals surface area contributed by atoms with Crippen molar-refractivity contribution in [2.45, 2.75) is 37.0 Å². The number of amides is 2. The predicted molar refractivity (Wildman–Crippen MR) is 113 cm³/mol. The van der Waals surface area contributed by atoms with Gasteiger partial charge in [-0.2, -0.15) is 0 Å². The Morgan fingerprint density at radius 3 is 2.26 bits per heavy atom. The van der Waals surface area contributed by atoms with Crippen molar-refractivity contribution in [2.24, 2.45) is 5.92 Å². The van der Waals surface area contributed by atoms with Crippen LogP contribution in [-0.2, 0) is 14.8 Å². The van der Waals surface area contributed by atoms with Crippen LogP contribution in [0.3, 0.4) is 0 Å². The molecule has 2 aromatic rings. The van der Waals surface area contributed by atoms with Gasteiger partial charge in [0.25, 0.3) is 21.6 Å². The van der Waals surface area contributed by atoms with Gasteiger partial charge in [0.05, 0.1) is 4.92 Å². The highest BCUT2D eigenvalue weighted by molar-refractivity contribution is 7.89. The third kappa shape index (κ3) is 5.64. The van der Waals surface area contributed by atoms with Crippen LogP contribution in [0.5, 0.6) is 0 Å². The summed E-state index contributed by atoms with van der Waals surface area (Å²) in [6.07, 6.45) is 4.96. The number of nitrogens with zero attached hydrogens (tertiary/aromatic N) is 1. The van der Waals surface area contributed by atoms with Gasteiger partial charge >= 0.3 is 0 Å². The number of carbonyl (C=O) groups excluding carboxylic acids is 2. The highest BCUT2D eigenvalue weighted by atomic mass is 32.2.